The van der Waals surface area contributed by atoms with Crippen LogP contribution < -0.4 is 0 Å². The first-order valence-electron chi connectivity index (χ1n) is 6.43. The molecule has 2 fully saturated rings. The summed E-state index contributed by atoms with van der Waals surface area (Å²) >= 11 is 0. The molecule has 0 aromatic heterocycles. The number of rotatable bonds is 1. The molecule has 6 nitrogen and oxygen atoms in total. The first-order valence-corrected chi connectivity index (χ1v) is 6.43. The second-order valence-corrected chi connectivity index (χ2v) is 5.33. The highest BCUT2D eigenvalue weighted by atomic mass is 16.4. The third-order valence-electron chi connectivity index (χ3n) is 3.94. The van der Waals surface area contributed by atoms with Gasteiger partial charge in [0.05, 0.1) is 12.0 Å². The van der Waals surface area contributed by atoms with E-state index in [0.717, 1.165) is 0 Å². The summed E-state index contributed by atoms with van der Waals surface area (Å²) in [5.74, 6) is -1.28. The van der Waals surface area contributed by atoms with Gasteiger partial charge in [0.2, 0.25) is 0 Å². The molecule has 2 aliphatic rings. The number of piperidine rings is 1. The minimum Gasteiger partial charge on any atom is -0.481 e. The van der Waals surface area contributed by atoms with Gasteiger partial charge < -0.3 is 20.0 Å². The van der Waals surface area contributed by atoms with E-state index in [1.54, 1.807) is 9.80 Å². The SMILES string of the molecule is C[C@@H]1CN(C(=O)N2CCC(O)CC2)C[C@H]1C(=O)O. The van der Waals surface area contributed by atoms with E-state index in [4.69, 9.17) is 5.11 Å². The van der Waals surface area contributed by atoms with E-state index in [1.165, 1.54) is 0 Å². The third-order valence-corrected chi connectivity index (χ3v) is 3.94. The Morgan fingerprint density at radius 1 is 1.11 bits per heavy atom. The Balaban J connectivity index is 1.92. The molecule has 2 atom stereocenters. The van der Waals surface area contributed by atoms with Crippen LogP contribution in [0.25, 0.3) is 0 Å². The molecule has 6 heteroatoms. The Bertz CT molecular complexity index is 339. The summed E-state index contributed by atoms with van der Waals surface area (Å²) < 4.78 is 0. The van der Waals surface area contributed by atoms with Gasteiger partial charge in [-0.2, -0.15) is 0 Å². The van der Waals surface area contributed by atoms with E-state index in [2.05, 4.69) is 0 Å². The first-order chi connectivity index (χ1) is 8.49. The summed E-state index contributed by atoms with van der Waals surface area (Å²) in [6.07, 6.45) is 0.910. The Hall–Kier alpha value is -1.30. The largest absolute Gasteiger partial charge is 0.481 e. The lowest BCUT2D eigenvalue weighted by Crippen LogP contribution is -2.47. The number of likely N-dealkylation sites (tertiary alicyclic amines) is 2. The van der Waals surface area contributed by atoms with Crippen LogP contribution in [0.1, 0.15) is 19.8 Å². The average Bonchev–Trinajstić information content (AvgIpc) is 2.71. The quantitative estimate of drug-likeness (QED) is 0.703. The molecule has 0 aromatic carbocycles. The predicted octanol–water partition coefficient (Wildman–Crippen LogP) is 0.216. The van der Waals surface area contributed by atoms with Crippen molar-refractivity contribution >= 4 is 12.0 Å². The molecule has 2 amide bonds. The second kappa shape index (κ2) is 5.14. The number of hydrogen-bond donors (Lipinski definition) is 2. The summed E-state index contributed by atoms with van der Waals surface area (Å²) in [5.41, 5.74) is 0. The van der Waals surface area contributed by atoms with Gasteiger partial charge in [0.1, 0.15) is 0 Å². The smallest absolute Gasteiger partial charge is 0.320 e. The Morgan fingerprint density at radius 3 is 2.22 bits per heavy atom. The average molecular weight is 256 g/mol. The summed E-state index contributed by atoms with van der Waals surface area (Å²) in [6, 6.07) is -0.0856. The van der Waals surface area contributed by atoms with E-state index in [9.17, 15) is 14.7 Å². The number of urea groups is 1. The molecule has 0 bridgehead atoms. The van der Waals surface area contributed by atoms with Gasteiger partial charge in [-0.15, -0.1) is 0 Å². The number of hydrogen-bond acceptors (Lipinski definition) is 3. The zero-order valence-electron chi connectivity index (χ0n) is 10.6. The maximum atomic E-state index is 12.2. The number of carbonyl (C=O) groups excluding carboxylic acids is 1. The molecule has 0 aliphatic carbocycles. The maximum absolute atomic E-state index is 12.2. The molecule has 2 saturated heterocycles. The van der Waals surface area contributed by atoms with Crippen LogP contribution in [0.15, 0.2) is 0 Å². The van der Waals surface area contributed by atoms with Crippen molar-refractivity contribution in [2.24, 2.45) is 11.8 Å². The van der Waals surface area contributed by atoms with Crippen LogP contribution in [0.4, 0.5) is 4.79 Å². The lowest BCUT2D eigenvalue weighted by molar-refractivity contribution is -0.142. The number of carbonyl (C=O) groups is 2. The Morgan fingerprint density at radius 2 is 1.72 bits per heavy atom. The van der Waals surface area contributed by atoms with Crippen molar-refractivity contribution in [3.05, 3.63) is 0 Å². The van der Waals surface area contributed by atoms with Crippen LogP contribution in [0.2, 0.25) is 0 Å². The number of aliphatic carboxylic acids is 1. The van der Waals surface area contributed by atoms with Crippen LogP contribution in [0, 0.1) is 11.8 Å². The minimum absolute atomic E-state index is 0.00170. The van der Waals surface area contributed by atoms with Gasteiger partial charge in [0.15, 0.2) is 0 Å². The lowest BCUT2D eigenvalue weighted by Gasteiger charge is -2.32. The van der Waals surface area contributed by atoms with Gasteiger partial charge in [0, 0.05) is 26.2 Å². The van der Waals surface area contributed by atoms with Crippen LogP contribution >= 0.6 is 0 Å². The van der Waals surface area contributed by atoms with Gasteiger partial charge in [-0.25, -0.2) is 4.79 Å². The molecule has 2 rings (SSSR count). The van der Waals surface area contributed by atoms with E-state index < -0.39 is 11.9 Å². The molecule has 0 unspecified atom stereocenters. The standard InChI is InChI=1S/C12H20N2O4/c1-8-6-14(7-10(8)11(16)17)12(18)13-4-2-9(15)3-5-13/h8-10,15H,2-7H2,1H3,(H,16,17)/t8-,10-/m1/s1. The molecule has 0 spiro atoms. The van der Waals surface area contributed by atoms with Gasteiger partial charge in [-0.1, -0.05) is 6.92 Å². The monoisotopic (exact) mass is 256 g/mol. The topological polar surface area (TPSA) is 81.1 Å². The molecule has 2 aliphatic heterocycles. The fourth-order valence-corrected chi connectivity index (χ4v) is 2.70. The highest BCUT2D eigenvalue weighted by Crippen LogP contribution is 2.25. The molecule has 0 saturated carbocycles. The molecular weight excluding hydrogens is 236 g/mol. The molecule has 2 heterocycles. The van der Waals surface area contributed by atoms with Crippen LogP contribution in [0.5, 0.6) is 0 Å². The fraction of sp³-hybridized carbons (Fsp3) is 0.833. The van der Waals surface area contributed by atoms with Gasteiger partial charge in [0.25, 0.3) is 0 Å². The summed E-state index contributed by atoms with van der Waals surface area (Å²) in [6.45, 7) is 3.79. The number of nitrogens with zero attached hydrogens (tertiary/aromatic N) is 2. The highest BCUT2D eigenvalue weighted by molar-refractivity contribution is 5.77. The zero-order valence-corrected chi connectivity index (χ0v) is 10.6. The van der Waals surface area contributed by atoms with Crippen molar-refractivity contribution in [2.75, 3.05) is 26.2 Å². The highest BCUT2D eigenvalue weighted by Gasteiger charge is 2.38. The van der Waals surface area contributed by atoms with Gasteiger partial charge in [-0.3, -0.25) is 4.79 Å². The third kappa shape index (κ3) is 2.58. The zero-order chi connectivity index (χ0) is 13.3. The van der Waals surface area contributed by atoms with Crippen LogP contribution in [-0.4, -0.2) is 64.3 Å². The Labute approximate surface area is 106 Å². The van der Waals surface area contributed by atoms with E-state index >= 15 is 0 Å². The maximum Gasteiger partial charge on any atom is 0.320 e. The Kier molecular flexibility index (Phi) is 3.75. The number of carboxylic acids is 1. The van der Waals surface area contributed by atoms with Gasteiger partial charge in [-0.05, 0) is 18.8 Å². The van der Waals surface area contributed by atoms with Crippen LogP contribution in [-0.2, 0) is 4.79 Å². The number of carboxylic acid groups (broad SMARTS) is 1. The second-order valence-electron chi connectivity index (χ2n) is 5.33. The molecule has 102 valence electrons. The molecule has 0 radical (unpaired) electrons. The minimum atomic E-state index is -0.827. The van der Waals surface area contributed by atoms with E-state index in [-0.39, 0.29) is 18.1 Å². The summed E-state index contributed by atoms with van der Waals surface area (Å²) in [7, 11) is 0. The fourth-order valence-electron chi connectivity index (χ4n) is 2.70. The number of aliphatic hydroxyl groups is 1. The van der Waals surface area contributed by atoms with Crippen molar-refractivity contribution in [2.45, 2.75) is 25.9 Å². The molecule has 18 heavy (non-hydrogen) atoms. The summed E-state index contributed by atoms with van der Waals surface area (Å²) in [5, 5.41) is 18.4. The molecule has 2 N–H and O–H groups in total. The van der Waals surface area contributed by atoms with Crippen molar-refractivity contribution in [3.63, 3.8) is 0 Å². The van der Waals surface area contributed by atoms with Crippen molar-refractivity contribution in [1.29, 1.82) is 0 Å². The summed E-state index contributed by atoms with van der Waals surface area (Å²) in [4.78, 5) is 26.6. The van der Waals surface area contributed by atoms with E-state index in [1.807, 2.05) is 6.92 Å². The van der Waals surface area contributed by atoms with Crippen molar-refractivity contribution in [3.8, 4) is 0 Å². The van der Waals surface area contributed by atoms with Crippen molar-refractivity contribution < 1.29 is 19.8 Å². The van der Waals surface area contributed by atoms with Crippen molar-refractivity contribution in [1.82, 2.24) is 9.80 Å². The predicted molar refractivity (Wildman–Crippen MR) is 64.1 cm³/mol. The normalized spacial score (nSPS) is 29.7. The number of aliphatic hydroxyl groups excluding tert-OH is 1. The lowest BCUT2D eigenvalue weighted by atomic mass is 9.99. The van der Waals surface area contributed by atoms with E-state index in [0.29, 0.717) is 39.0 Å². The van der Waals surface area contributed by atoms with Gasteiger partial charge >= 0.3 is 12.0 Å². The molecule has 0 aromatic rings. The van der Waals surface area contributed by atoms with Crippen LogP contribution in [0.3, 0.4) is 0 Å². The molecular formula is C12H20N2O4. The first kappa shape index (κ1) is 13.1. The number of amides is 2.